The molecule has 7 nitrogen and oxygen atoms in total. The fourth-order valence-corrected chi connectivity index (χ4v) is 3.05. The van der Waals surface area contributed by atoms with E-state index >= 15 is 0 Å². The van der Waals surface area contributed by atoms with Crippen LogP contribution in [-0.2, 0) is 17.4 Å². The van der Waals surface area contributed by atoms with E-state index in [-0.39, 0.29) is 12.3 Å². The second kappa shape index (κ2) is 9.99. The molecule has 4 rings (SSSR count). The highest BCUT2D eigenvalue weighted by atomic mass is 19.4. The molecule has 0 radical (unpaired) electrons. The number of rotatable bonds is 7. The summed E-state index contributed by atoms with van der Waals surface area (Å²) in [6, 6.07) is 18.7. The van der Waals surface area contributed by atoms with Gasteiger partial charge in [0.1, 0.15) is 23.8 Å². The fourth-order valence-electron chi connectivity index (χ4n) is 3.05. The van der Waals surface area contributed by atoms with E-state index in [0.717, 1.165) is 17.8 Å². The van der Waals surface area contributed by atoms with Crippen LogP contribution >= 0.6 is 0 Å². The van der Waals surface area contributed by atoms with E-state index in [4.69, 9.17) is 0 Å². The number of nitrogens with one attached hydrogen (secondary N) is 3. The maximum atomic E-state index is 12.7. The minimum Gasteiger partial charge on any atom is -0.340 e. The third-order valence-corrected chi connectivity index (χ3v) is 4.68. The van der Waals surface area contributed by atoms with Crippen molar-refractivity contribution in [3.05, 3.63) is 96.4 Å². The Bertz CT molecular complexity index is 1250. The van der Waals surface area contributed by atoms with Crippen LogP contribution in [0.2, 0.25) is 0 Å². The van der Waals surface area contributed by atoms with E-state index in [1.165, 1.54) is 18.5 Å². The van der Waals surface area contributed by atoms with Gasteiger partial charge in [0, 0.05) is 23.6 Å². The highest BCUT2D eigenvalue weighted by Crippen LogP contribution is 2.29. The van der Waals surface area contributed by atoms with Crippen molar-refractivity contribution in [1.82, 2.24) is 15.0 Å². The Labute approximate surface area is 193 Å². The lowest BCUT2D eigenvalue weighted by Crippen LogP contribution is -2.14. The van der Waals surface area contributed by atoms with Crippen LogP contribution in [0.4, 0.5) is 42.0 Å². The number of carbonyl (C=O) groups is 1. The molecule has 4 aromatic rings. The molecule has 0 aliphatic heterocycles. The Hall–Kier alpha value is -4.47. The van der Waals surface area contributed by atoms with E-state index in [1.807, 2.05) is 18.2 Å². The summed E-state index contributed by atoms with van der Waals surface area (Å²) in [6.07, 6.45) is -1.35. The Morgan fingerprint density at radius 2 is 1.44 bits per heavy atom. The number of hydrogen-bond donors (Lipinski definition) is 3. The lowest BCUT2D eigenvalue weighted by molar-refractivity contribution is -0.137. The molecule has 2 aromatic carbocycles. The zero-order chi connectivity index (χ0) is 24.0. The highest BCUT2D eigenvalue weighted by Gasteiger charge is 2.29. The Morgan fingerprint density at radius 3 is 2.09 bits per heavy atom. The summed E-state index contributed by atoms with van der Waals surface area (Å²) >= 11 is 0. The third-order valence-electron chi connectivity index (χ3n) is 4.68. The number of halogens is 3. The summed E-state index contributed by atoms with van der Waals surface area (Å²) in [5.74, 6) is 1.46. The van der Waals surface area contributed by atoms with Gasteiger partial charge in [0.15, 0.2) is 0 Å². The average molecular weight is 464 g/mol. The molecule has 0 aliphatic rings. The molecule has 0 saturated heterocycles. The first-order chi connectivity index (χ1) is 16.3. The molecular formula is C24H19F3N6O. The normalized spacial score (nSPS) is 11.0. The Morgan fingerprint density at radius 1 is 0.765 bits per heavy atom. The number of hydrogen-bond acceptors (Lipinski definition) is 6. The van der Waals surface area contributed by atoms with Gasteiger partial charge in [0.2, 0.25) is 5.91 Å². The lowest BCUT2D eigenvalue weighted by Gasteiger charge is -2.10. The Balaban J connectivity index is 1.32. The van der Waals surface area contributed by atoms with Crippen LogP contribution in [0, 0.1) is 0 Å². The predicted octanol–water partition coefficient (Wildman–Crippen LogP) is 5.56. The van der Waals surface area contributed by atoms with E-state index in [9.17, 15) is 18.0 Å². The molecule has 3 N–H and O–H groups in total. The average Bonchev–Trinajstić information content (AvgIpc) is 2.81. The molecule has 0 saturated carbocycles. The first-order valence-corrected chi connectivity index (χ1v) is 10.2. The number of anilines is 5. The smallest absolute Gasteiger partial charge is 0.340 e. The van der Waals surface area contributed by atoms with Gasteiger partial charge in [-0.05, 0) is 54.1 Å². The number of amides is 1. The molecule has 34 heavy (non-hydrogen) atoms. The molecule has 0 aliphatic carbocycles. The molecule has 0 bridgehead atoms. The van der Waals surface area contributed by atoms with Gasteiger partial charge in [-0.2, -0.15) is 13.2 Å². The number of benzene rings is 2. The van der Waals surface area contributed by atoms with Gasteiger partial charge in [0.25, 0.3) is 0 Å². The highest BCUT2D eigenvalue weighted by molar-refractivity contribution is 5.92. The molecule has 172 valence electrons. The lowest BCUT2D eigenvalue weighted by atomic mass is 10.1. The SMILES string of the molecule is O=C(Cc1ccc(C(F)(F)F)cc1)Nc1ccc(Nc2cc(Nc3ccccn3)ncn2)cc1. The Kier molecular flexibility index (Phi) is 6.67. The number of nitrogens with zero attached hydrogens (tertiary/aromatic N) is 3. The van der Waals surface area contributed by atoms with Gasteiger partial charge in [-0.15, -0.1) is 0 Å². The second-order valence-corrected chi connectivity index (χ2v) is 7.25. The van der Waals surface area contributed by atoms with Crippen molar-refractivity contribution >= 4 is 34.7 Å². The second-order valence-electron chi connectivity index (χ2n) is 7.25. The van der Waals surface area contributed by atoms with Gasteiger partial charge in [0.05, 0.1) is 12.0 Å². The van der Waals surface area contributed by atoms with Crippen LogP contribution in [0.15, 0.2) is 85.3 Å². The summed E-state index contributed by atoms with van der Waals surface area (Å²) in [5, 5.41) is 8.97. The summed E-state index contributed by atoms with van der Waals surface area (Å²) in [7, 11) is 0. The van der Waals surface area contributed by atoms with Crippen molar-refractivity contribution in [3.8, 4) is 0 Å². The number of carbonyl (C=O) groups excluding carboxylic acids is 1. The third kappa shape index (κ3) is 6.28. The molecule has 2 aromatic heterocycles. The van der Waals surface area contributed by atoms with Gasteiger partial charge in [-0.3, -0.25) is 4.79 Å². The van der Waals surface area contributed by atoms with Crippen molar-refractivity contribution < 1.29 is 18.0 Å². The summed E-state index contributed by atoms with van der Waals surface area (Å²) < 4.78 is 38.0. The predicted molar refractivity (Wildman–Crippen MR) is 123 cm³/mol. The topological polar surface area (TPSA) is 91.8 Å². The van der Waals surface area contributed by atoms with Crippen molar-refractivity contribution in [1.29, 1.82) is 0 Å². The molecule has 10 heteroatoms. The molecule has 1 amide bonds. The van der Waals surface area contributed by atoms with Crippen molar-refractivity contribution in [2.24, 2.45) is 0 Å². The first-order valence-electron chi connectivity index (χ1n) is 10.2. The maximum Gasteiger partial charge on any atom is 0.416 e. The standard InChI is InChI=1S/C24H19F3N6O/c25-24(26,27)17-6-4-16(5-7-17)13-23(34)32-19-10-8-18(9-11-19)31-21-14-22(30-15-29-21)33-20-3-1-2-12-28-20/h1-12,14-15H,13H2,(H,32,34)(H2,28,29,30,31,33). The summed E-state index contributed by atoms with van der Waals surface area (Å²) in [6.45, 7) is 0. The quantitative estimate of drug-likeness (QED) is 0.332. The largest absolute Gasteiger partial charge is 0.416 e. The van der Waals surface area contributed by atoms with Gasteiger partial charge >= 0.3 is 6.18 Å². The number of pyridine rings is 1. The van der Waals surface area contributed by atoms with Crippen LogP contribution < -0.4 is 16.0 Å². The fraction of sp³-hybridized carbons (Fsp3) is 0.0833. The number of alkyl halides is 3. The van der Waals surface area contributed by atoms with Crippen molar-refractivity contribution in [2.45, 2.75) is 12.6 Å². The molecule has 2 heterocycles. The summed E-state index contributed by atoms with van der Waals surface area (Å²) in [5.41, 5.74) is 1.04. The van der Waals surface area contributed by atoms with Crippen molar-refractivity contribution in [2.75, 3.05) is 16.0 Å². The molecule has 0 unspecified atom stereocenters. The zero-order valence-electron chi connectivity index (χ0n) is 17.7. The van der Waals surface area contributed by atoms with Gasteiger partial charge in [-0.1, -0.05) is 18.2 Å². The monoisotopic (exact) mass is 464 g/mol. The molecule has 0 atom stereocenters. The molecule has 0 spiro atoms. The van der Waals surface area contributed by atoms with E-state index < -0.39 is 11.7 Å². The van der Waals surface area contributed by atoms with Gasteiger partial charge < -0.3 is 16.0 Å². The number of aromatic nitrogens is 3. The first kappa shape index (κ1) is 22.7. The van der Waals surface area contributed by atoms with Crippen LogP contribution in [0.25, 0.3) is 0 Å². The van der Waals surface area contributed by atoms with E-state index in [1.54, 1.807) is 36.5 Å². The minimum atomic E-state index is -4.40. The summed E-state index contributed by atoms with van der Waals surface area (Å²) in [4.78, 5) is 24.8. The van der Waals surface area contributed by atoms with E-state index in [0.29, 0.717) is 28.7 Å². The van der Waals surface area contributed by atoms with Crippen LogP contribution in [0.5, 0.6) is 0 Å². The van der Waals surface area contributed by atoms with Crippen molar-refractivity contribution in [3.63, 3.8) is 0 Å². The van der Waals surface area contributed by atoms with Crippen LogP contribution in [-0.4, -0.2) is 20.9 Å². The molecule has 0 fully saturated rings. The van der Waals surface area contributed by atoms with E-state index in [2.05, 4.69) is 30.9 Å². The van der Waals surface area contributed by atoms with Gasteiger partial charge in [-0.25, -0.2) is 15.0 Å². The zero-order valence-corrected chi connectivity index (χ0v) is 17.7. The molecular weight excluding hydrogens is 445 g/mol. The van der Waals surface area contributed by atoms with Crippen LogP contribution in [0.1, 0.15) is 11.1 Å². The van der Waals surface area contributed by atoms with Crippen LogP contribution in [0.3, 0.4) is 0 Å². The minimum absolute atomic E-state index is 0.0366. The maximum absolute atomic E-state index is 12.7.